The van der Waals surface area contributed by atoms with Crippen molar-refractivity contribution >= 4 is 63.5 Å². The summed E-state index contributed by atoms with van der Waals surface area (Å²) in [5.41, 5.74) is 3.68. The molecule has 2 unspecified atom stereocenters. The zero-order valence-corrected chi connectivity index (χ0v) is 24.9. The minimum atomic E-state index is -1.20. The number of hydrogen-bond acceptors (Lipinski definition) is 4. The number of ketones is 1. The highest BCUT2D eigenvalue weighted by atomic mass is 35.5. The van der Waals surface area contributed by atoms with Gasteiger partial charge in [0.25, 0.3) is 0 Å². The zero-order valence-electron chi connectivity index (χ0n) is 22.5. The summed E-state index contributed by atoms with van der Waals surface area (Å²) in [6.45, 7) is 2.88. The van der Waals surface area contributed by atoms with E-state index in [-0.39, 0.29) is 30.6 Å². The SMILES string of the molecule is Cc1ccc(SC2(C(=O)N3CCCC(=O)C3)CC(=O)N(Cc3ccc(Cl)cc3)C2c2c[nH]c3cc(Cl)ccc23)cc1. The van der Waals surface area contributed by atoms with Crippen LogP contribution in [0.25, 0.3) is 10.9 Å². The summed E-state index contributed by atoms with van der Waals surface area (Å²) >= 11 is 13.9. The number of halogens is 2. The van der Waals surface area contributed by atoms with E-state index in [4.69, 9.17) is 23.2 Å². The van der Waals surface area contributed by atoms with Gasteiger partial charge < -0.3 is 14.8 Å². The van der Waals surface area contributed by atoms with E-state index in [1.54, 1.807) is 17.0 Å². The van der Waals surface area contributed by atoms with Crippen LogP contribution in [0.5, 0.6) is 0 Å². The highest BCUT2D eigenvalue weighted by molar-refractivity contribution is 8.01. The van der Waals surface area contributed by atoms with Gasteiger partial charge in [-0.15, -0.1) is 11.8 Å². The topological polar surface area (TPSA) is 73.5 Å². The molecule has 41 heavy (non-hydrogen) atoms. The number of aromatic nitrogens is 1. The van der Waals surface area contributed by atoms with Gasteiger partial charge in [0.15, 0.2) is 5.78 Å². The molecule has 2 amide bonds. The number of carbonyl (C=O) groups excluding carboxylic acids is 3. The van der Waals surface area contributed by atoms with Crippen LogP contribution in [-0.4, -0.2) is 50.2 Å². The average molecular weight is 607 g/mol. The number of rotatable bonds is 6. The van der Waals surface area contributed by atoms with Crippen LogP contribution >= 0.6 is 35.0 Å². The van der Waals surface area contributed by atoms with Gasteiger partial charge in [-0.1, -0.05) is 59.1 Å². The number of likely N-dealkylation sites (tertiary alicyclic amines) is 2. The fraction of sp³-hybridized carbons (Fsp3) is 0.281. The van der Waals surface area contributed by atoms with Crippen molar-refractivity contribution in [2.24, 2.45) is 0 Å². The molecule has 6 nitrogen and oxygen atoms in total. The molecule has 3 heterocycles. The summed E-state index contributed by atoms with van der Waals surface area (Å²) in [7, 11) is 0. The Morgan fingerprint density at radius 3 is 2.49 bits per heavy atom. The molecule has 210 valence electrons. The number of amides is 2. The van der Waals surface area contributed by atoms with Gasteiger partial charge in [0.05, 0.1) is 19.0 Å². The normalized spacial score (nSPS) is 21.2. The van der Waals surface area contributed by atoms with Crippen molar-refractivity contribution in [2.45, 2.75) is 48.4 Å². The molecule has 4 aromatic rings. The molecule has 0 radical (unpaired) electrons. The van der Waals surface area contributed by atoms with Gasteiger partial charge >= 0.3 is 0 Å². The van der Waals surface area contributed by atoms with E-state index in [2.05, 4.69) is 4.98 Å². The van der Waals surface area contributed by atoms with Crippen LogP contribution in [0.15, 0.2) is 77.8 Å². The number of fused-ring (bicyclic) bond motifs is 1. The van der Waals surface area contributed by atoms with E-state index in [9.17, 15) is 14.4 Å². The Morgan fingerprint density at radius 1 is 1.02 bits per heavy atom. The molecule has 2 aliphatic heterocycles. The third-order valence-corrected chi connectivity index (χ3v) is 9.85. The number of piperidine rings is 1. The molecule has 9 heteroatoms. The number of hydrogen-bond donors (Lipinski definition) is 1. The second-order valence-corrected chi connectivity index (χ2v) is 13.1. The van der Waals surface area contributed by atoms with E-state index in [1.165, 1.54) is 11.8 Å². The second kappa shape index (κ2) is 11.2. The minimum Gasteiger partial charge on any atom is -0.361 e. The molecule has 0 saturated carbocycles. The fourth-order valence-corrected chi connectivity index (χ4v) is 7.74. The summed E-state index contributed by atoms with van der Waals surface area (Å²) in [5, 5.41) is 2.10. The molecule has 2 atom stereocenters. The molecule has 0 aliphatic carbocycles. The summed E-state index contributed by atoms with van der Waals surface area (Å²) in [4.78, 5) is 49.0. The number of aryl methyl sites for hydroxylation is 1. The van der Waals surface area contributed by atoms with Crippen molar-refractivity contribution in [3.63, 3.8) is 0 Å². The monoisotopic (exact) mass is 605 g/mol. The standard InChI is InChI=1S/C32H29Cl2N3O3S/c1-20-4-11-25(12-5-20)41-32(31(40)36-14-2-3-24(38)19-36)16-29(39)37(18-21-6-8-22(33)9-7-21)30(32)27-17-35-28-15-23(34)10-13-26(27)28/h4-13,15,17,30,35H,2-3,14,16,18-19H2,1H3. The van der Waals surface area contributed by atoms with E-state index < -0.39 is 10.8 Å². The van der Waals surface area contributed by atoms with Crippen LogP contribution in [-0.2, 0) is 20.9 Å². The Morgan fingerprint density at radius 2 is 1.76 bits per heavy atom. The predicted octanol–water partition coefficient (Wildman–Crippen LogP) is 6.98. The van der Waals surface area contributed by atoms with E-state index in [1.807, 2.05) is 72.6 Å². The maximum absolute atomic E-state index is 14.7. The number of Topliss-reactive ketones (excluding diaryl/α,β-unsaturated/α-hetero) is 1. The van der Waals surface area contributed by atoms with Gasteiger partial charge in [0.1, 0.15) is 4.75 Å². The quantitative estimate of drug-likeness (QED) is 0.257. The second-order valence-electron chi connectivity index (χ2n) is 10.8. The van der Waals surface area contributed by atoms with Crippen molar-refractivity contribution in [3.05, 3.63) is 99.7 Å². The number of nitrogens with one attached hydrogen (secondary N) is 1. The first-order valence-corrected chi connectivity index (χ1v) is 15.2. The Bertz CT molecular complexity index is 1640. The van der Waals surface area contributed by atoms with Gasteiger partial charge in [0, 0.05) is 57.1 Å². The molecule has 1 aromatic heterocycles. The Kier molecular flexibility index (Phi) is 7.62. The largest absolute Gasteiger partial charge is 0.361 e. The lowest BCUT2D eigenvalue weighted by Gasteiger charge is -2.40. The Balaban J connectivity index is 1.53. The molecular weight excluding hydrogens is 577 g/mol. The van der Waals surface area contributed by atoms with Gasteiger partial charge in [-0.25, -0.2) is 0 Å². The fourth-order valence-electron chi connectivity index (χ4n) is 5.97. The molecule has 0 spiro atoms. The number of carbonyl (C=O) groups is 3. The molecule has 3 aromatic carbocycles. The van der Waals surface area contributed by atoms with Crippen molar-refractivity contribution in [2.75, 3.05) is 13.1 Å². The summed E-state index contributed by atoms with van der Waals surface area (Å²) in [6, 6.07) is 20.4. The van der Waals surface area contributed by atoms with Crippen molar-refractivity contribution in [1.29, 1.82) is 0 Å². The highest BCUT2D eigenvalue weighted by Gasteiger charge is 2.60. The first-order valence-electron chi connectivity index (χ1n) is 13.6. The van der Waals surface area contributed by atoms with Crippen LogP contribution in [0, 0.1) is 6.92 Å². The number of H-pyrrole nitrogens is 1. The Hall–Kier alpha value is -3.26. The number of benzene rings is 3. The van der Waals surface area contributed by atoms with Crippen LogP contribution in [0.2, 0.25) is 10.0 Å². The molecule has 0 bridgehead atoms. The lowest BCUT2D eigenvalue weighted by Crippen LogP contribution is -2.53. The maximum Gasteiger partial charge on any atom is 0.242 e. The lowest BCUT2D eigenvalue weighted by atomic mass is 9.90. The van der Waals surface area contributed by atoms with Crippen molar-refractivity contribution in [3.8, 4) is 0 Å². The van der Waals surface area contributed by atoms with Gasteiger partial charge in [0.2, 0.25) is 11.8 Å². The smallest absolute Gasteiger partial charge is 0.242 e. The number of nitrogens with zero attached hydrogens (tertiary/aromatic N) is 2. The number of thioether (sulfide) groups is 1. The third-order valence-electron chi connectivity index (χ3n) is 7.95. The van der Waals surface area contributed by atoms with Gasteiger partial charge in [-0.2, -0.15) is 0 Å². The third kappa shape index (κ3) is 5.39. The Labute approximate surface area is 253 Å². The van der Waals surface area contributed by atoms with Crippen molar-refractivity contribution < 1.29 is 14.4 Å². The zero-order chi connectivity index (χ0) is 28.7. The van der Waals surface area contributed by atoms with Gasteiger partial charge in [-0.05, 0) is 55.3 Å². The van der Waals surface area contributed by atoms with E-state index in [0.717, 1.165) is 32.5 Å². The highest BCUT2D eigenvalue weighted by Crippen LogP contribution is 2.55. The lowest BCUT2D eigenvalue weighted by molar-refractivity contribution is -0.140. The predicted molar refractivity (Wildman–Crippen MR) is 163 cm³/mol. The summed E-state index contributed by atoms with van der Waals surface area (Å²) in [6.07, 6.45) is 2.98. The molecular formula is C32H29Cl2N3O3S. The maximum atomic E-state index is 14.7. The first kappa shape index (κ1) is 27.9. The number of aromatic amines is 1. The molecule has 1 N–H and O–H groups in total. The molecule has 6 rings (SSSR count). The summed E-state index contributed by atoms with van der Waals surface area (Å²) in [5.74, 6) is -0.262. The van der Waals surface area contributed by atoms with Crippen LogP contribution < -0.4 is 0 Å². The average Bonchev–Trinajstić information content (AvgIpc) is 3.48. The molecule has 2 fully saturated rings. The van der Waals surface area contributed by atoms with Gasteiger partial charge in [-0.3, -0.25) is 14.4 Å². The van der Waals surface area contributed by atoms with Crippen LogP contribution in [0.4, 0.5) is 0 Å². The van der Waals surface area contributed by atoms with E-state index in [0.29, 0.717) is 36.0 Å². The van der Waals surface area contributed by atoms with Crippen LogP contribution in [0.3, 0.4) is 0 Å². The van der Waals surface area contributed by atoms with Crippen LogP contribution in [0.1, 0.15) is 42.0 Å². The van der Waals surface area contributed by atoms with E-state index >= 15 is 0 Å². The molecule has 2 saturated heterocycles. The molecule has 2 aliphatic rings. The van der Waals surface area contributed by atoms with Crippen molar-refractivity contribution in [1.82, 2.24) is 14.8 Å². The summed E-state index contributed by atoms with van der Waals surface area (Å²) < 4.78 is -1.20. The minimum absolute atomic E-state index is 0.00753. The first-order chi connectivity index (χ1) is 19.7.